The number of hydrogen-bond acceptors (Lipinski definition) is 3. The zero-order valence-corrected chi connectivity index (χ0v) is 12.0. The molecule has 0 saturated heterocycles. The highest BCUT2D eigenvalue weighted by molar-refractivity contribution is 7.10. The topological polar surface area (TPSA) is 61.4 Å². The Labute approximate surface area is 112 Å². The van der Waals surface area contributed by atoms with Crippen molar-refractivity contribution in [3.05, 3.63) is 21.9 Å². The Morgan fingerprint density at radius 3 is 2.72 bits per heavy atom. The Hall–Kier alpha value is -1.07. The molecule has 1 atom stereocenters. The Balaban J connectivity index is 2.20. The first-order valence-electron chi connectivity index (χ1n) is 6.21. The summed E-state index contributed by atoms with van der Waals surface area (Å²) in [6.45, 7) is 6.95. The predicted molar refractivity (Wildman–Crippen MR) is 74.8 cm³/mol. The van der Waals surface area contributed by atoms with E-state index >= 15 is 0 Å². The average molecular weight is 270 g/mol. The number of aryl methyl sites for hydroxylation is 1. The molecule has 1 unspecified atom stereocenters. The Bertz CT molecular complexity index is 377. The second-order valence-electron chi connectivity index (χ2n) is 4.87. The van der Waals surface area contributed by atoms with E-state index in [1.54, 1.807) is 11.3 Å². The van der Waals surface area contributed by atoms with Crippen LogP contribution in [0.4, 0.5) is 4.79 Å². The van der Waals surface area contributed by atoms with Gasteiger partial charge in [0, 0.05) is 11.4 Å². The number of carbonyl (C=O) groups excluding carboxylic acids is 1. The maximum Gasteiger partial charge on any atom is 0.315 e. The van der Waals surface area contributed by atoms with Gasteiger partial charge >= 0.3 is 6.03 Å². The zero-order chi connectivity index (χ0) is 13.5. The Morgan fingerprint density at radius 1 is 1.44 bits per heavy atom. The maximum absolute atomic E-state index is 11.5. The molecule has 0 aliphatic rings. The number of amides is 2. The third-order valence-electron chi connectivity index (χ3n) is 2.62. The molecule has 0 aromatic carbocycles. The molecule has 1 aromatic heterocycles. The van der Waals surface area contributed by atoms with Gasteiger partial charge in [-0.1, -0.05) is 13.8 Å². The summed E-state index contributed by atoms with van der Waals surface area (Å²) >= 11 is 1.63. The van der Waals surface area contributed by atoms with E-state index in [4.69, 9.17) is 0 Å². The summed E-state index contributed by atoms with van der Waals surface area (Å²) in [5, 5.41) is 17.1. The van der Waals surface area contributed by atoms with E-state index < -0.39 is 6.10 Å². The molecule has 1 heterocycles. The largest absolute Gasteiger partial charge is 0.391 e. The van der Waals surface area contributed by atoms with Crippen LogP contribution in [0.3, 0.4) is 0 Å². The predicted octanol–water partition coefficient (Wildman–Crippen LogP) is 2.26. The molecule has 0 fully saturated rings. The first-order valence-corrected chi connectivity index (χ1v) is 7.09. The lowest BCUT2D eigenvalue weighted by Crippen LogP contribution is -2.39. The molecule has 0 radical (unpaired) electrons. The molecule has 0 saturated carbocycles. The molecule has 2 amide bonds. The molecule has 102 valence electrons. The summed E-state index contributed by atoms with van der Waals surface area (Å²) < 4.78 is 0. The molecule has 18 heavy (non-hydrogen) atoms. The minimum atomic E-state index is -0.473. The number of aliphatic hydroxyl groups is 1. The van der Waals surface area contributed by atoms with Crippen LogP contribution in [0.1, 0.15) is 30.7 Å². The van der Waals surface area contributed by atoms with Gasteiger partial charge in [-0.15, -0.1) is 11.3 Å². The van der Waals surface area contributed by atoms with Crippen LogP contribution in [-0.4, -0.2) is 23.8 Å². The molecule has 0 aliphatic heterocycles. The lowest BCUT2D eigenvalue weighted by atomic mass is 10.1. The number of aliphatic hydroxyl groups excluding tert-OH is 1. The zero-order valence-electron chi connectivity index (χ0n) is 11.2. The fourth-order valence-electron chi connectivity index (χ4n) is 1.65. The Morgan fingerprint density at radius 2 is 2.17 bits per heavy atom. The van der Waals surface area contributed by atoms with Crippen LogP contribution in [0.2, 0.25) is 0 Å². The molecule has 3 N–H and O–H groups in total. The number of rotatable bonds is 6. The van der Waals surface area contributed by atoms with E-state index in [2.05, 4.69) is 10.6 Å². The van der Waals surface area contributed by atoms with Crippen molar-refractivity contribution in [3.63, 3.8) is 0 Å². The lowest BCUT2D eigenvalue weighted by molar-refractivity contribution is 0.147. The molecule has 5 heteroatoms. The number of urea groups is 1. The van der Waals surface area contributed by atoms with E-state index in [-0.39, 0.29) is 6.03 Å². The van der Waals surface area contributed by atoms with E-state index in [9.17, 15) is 9.90 Å². The van der Waals surface area contributed by atoms with Crippen molar-refractivity contribution in [3.8, 4) is 0 Å². The second kappa shape index (κ2) is 7.38. The molecule has 1 rings (SSSR count). The van der Waals surface area contributed by atoms with Crippen LogP contribution in [-0.2, 0) is 6.54 Å². The van der Waals surface area contributed by atoms with Gasteiger partial charge in [-0.05, 0) is 36.3 Å². The highest BCUT2D eigenvalue weighted by atomic mass is 32.1. The van der Waals surface area contributed by atoms with Crippen molar-refractivity contribution in [1.82, 2.24) is 10.6 Å². The van der Waals surface area contributed by atoms with Crippen LogP contribution in [0.5, 0.6) is 0 Å². The van der Waals surface area contributed by atoms with Gasteiger partial charge in [-0.2, -0.15) is 0 Å². The van der Waals surface area contributed by atoms with Crippen molar-refractivity contribution in [2.45, 2.75) is 39.8 Å². The van der Waals surface area contributed by atoms with E-state index in [0.29, 0.717) is 25.4 Å². The number of carbonyl (C=O) groups is 1. The summed E-state index contributed by atoms with van der Waals surface area (Å²) in [7, 11) is 0. The van der Waals surface area contributed by atoms with Gasteiger partial charge in [0.25, 0.3) is 0 Å². The van der Waals surface area contributed by atoms with Crippen LogP contribution >= 0.6 is 11.3 Å². The van der Waals surface area contributed by atoms with Gasteiger partial charge < -0.3 is 15.7 Å². The SMILES string of the molecule is Cc1ccsc1CNC(=O)NCC(O)CC(C)C. The minimum absolute atomic E-state index is 0.231. The molecule has 0 spiro atoms. The molecule has 0 bridgehead atoms. The summed E-state index contributed by atoms with van der Waals surface area (Å²) in [6.07, 6.45) is 0.226. The van der Waals surface area contributed by atoms with E-state index in [1.807, 2.05) is 32.2 Å². The third kappa shape index (κ3) is 5.51. The molecular weight excluding hydrogens is 248 g/mol. The number of nitrogens with one attached hydrogen (secondary N) is 2. The Kier molecular flexibility index (Phi) is 6.15. The quantitative estimate of drug-likeness (QED) is 0.742. The number of thiophene rings is 1. The molecule has 0 aliphatic carbocycles. The van der Waals surface area contributed by atoms with Gasteiger partial charge in [-0.3, -0.25) is 0 Å². The van der Waals surface area contributed by atoms with Crippen LogP contribution in [0, 0.1) is 12.8 Å². The highest BCUT2D eigenvalue weighted by Crippen LogP contribution is 2.14. The smallest absolute Gasteiger partial charge is 0.315 e. The fourth-order valence-corrected chi connectivity index (χ4v) is 2.49. The van der Waals surface area contributed by atoms with Crippen molar-refractivity contribution >= 4 is 17.4 Å². The summed E-state index contributed by atoms with van der Waals surface area (Å²) in [4.78, 5) is 12.7. The first kappa shape index (κ1) is 15.0. The van der Waals surface area contributed by atoms with Crippen LogP contribution < -0.4 is 10.6 Å². The molecular formula is C13H22N2O2S. The van der Waals surface area contributed by atoms with Gasteiger partial charge in [0.05, 0.1) is 12.6 Å². The first-order chi connectivity index (χ1) is 8.49. The minimum Gasteiger partial charge on any atom is -0.391 e. The standard InChI is InChI=1S/C13H22N2O2S/c1-9(2)6-11(16)7-14-13(17)15-8-12-10(3)4-5-18-12/h4-5,9,11,16H,6-8H2,1-3H3,(H2,14,15,17). The summed E-state index contributed by atoms with van der Waals surface area (Å²) in [5.41, 5.74) is 1.19. The van der Waals surface area contributed by atoms with Crippen LogP contribution in [0.25, 0.3) is 0 Å². The molecule has 4 nitrogen and oxygen atoms in total. The van der Waals surface area contributed by atoms with Crippen molar-refractivity contribution < 1.29 is 9.90 Å². The average Bonchev–Trinajstić information content (AvgIpc) is 2.68. The summed E-state index contributed by atoms with van der Waals surface area (Å²) in [5.74, 6) is 0.429. The fraction of sp³-hybridized carbons (Fsp3) is 0.615. The monoisotopic (exact) mass is 270 g/mol. The van der Waals surface area contributed by atoms with E-state index in [0.717, 1.165) is 4.88 Å². The van der Waals surface area contributed by atoms with Gasteiger partial charge in [0.15, 0.2) is 0 Å². The van der Waals surface area contributed by atoms with Crippen LogP contribution in [0.15, 0.2) is 11.4 Å². The van der Waals surface area contributed by atoms with E-state index in [1.165, 1.54) is 5.56 Å². The van der Waals surface area contributed by atoms with Gasteiger partial charge in [0.1, 0.15) is 0 Å². The summed E-state index contributed by atoms with van der Waals surface area (Å²) in [6, 6.07) is 1.80. The lowest BCUT2D eigenvalue weighted by Gasteiger charge is -2.14. The third-order valence-corrected chi connectivity index (χ3v) is 3.64. The normalized spacial score (nSPS) is 12.5. The van der Waals surface area contributed by atoms with Crippen molar-refractivity contribution in [2.24, 2.45) is 5.92 Å². The number of hydrogen-bond donors (Lipinski definition) is 3. The second-order valence-corrected chi connectivity index (χ2v) is 5.87. The van der Waals surface area contributed by atoms with Crippen molar-refractivity contribution in [1.29, 1.82) is 0 Å². The highest BCUT2D eigenvalue weighted by Gasteiger charge is 2.09. The maximum atomic E-state index is 11.5. The van der Waals surface area contributed by atoms with Crippen molar-refractivity contribution in [2.75, 3.05) is 6.54 Å². The van der Waals surface area contributed by atoms with Gasteiger partial charge in [-0.25, -0.2) is 4.79 Å². The van der Waals surface area contributed by atoms with Gasteiger partial charge in [0.2, 0.25) is 0 Å². The molecule has 1 aromatic rings.